The summed E-state index contributed by atoms with van der Waals surface area (Å²) in [6.45, 7) is 5.29. The molecule has 29 heavy (non-hydrogen) atoms. The van der Waals surface area contributed by atoms with Gasteiger partial charge in [-0.3, -0.25) is 14.5 Å². The molecule has 8 nitrogen and oxygen atoms in total. The molecule has 3 heterocycles. The minimum absolute atomic E-state index is 0.0996. The molecule has 1 aromatic carbocycles. The van der Waals surface area contributed by atoms with Crippen molar-refractivity contribution in [3.05, 3.63) is 47.6 Å². The molecule has 4 rings (SSSR count). The van der Waals surface area contributed by atoms with Gasteiger partial charge >= 0.3 is 0 Å². The second-order valence-electron chi connectivity index (χ2n) is 7.84. The predicted octanol–water partition coefficient (Wildman–Crippen LogP) is 1.63. The molecule has 2 aliphatic heterocycles. The summed E-state index contributed by atoms with van der Waals surface area (Å²) in [5, 5.41) is 3.83. The number of rotatable bonds is 4. The van der Waals surface area contributed by atoms with E-state index in [0.717, 1.165) is 18.7 Å². The molecule has 2 saturated heterocycles. The molecule has 0 radical (unpaired) electrons. The van der Waals surface area contributed by atoms with E-state index in [9.17, 15) is 9.59 Å². The molecule has 0 bridgehead atoms. The Bertz CT molecular complexity index is 860. The highest BCUT2D eigenvalue weighted by atomic mass is 16.5. The van der Waals surface area contributed by atoms with Crippen LogP contribution in [0.2, 0.25) is 0 Å². The molecule has 0 spiro atoms. The lowest BCUT2D eigenvalue weighted by molar-refractivity contribution is -0.147. The lowest BCUT2D eigenvalue weighted by atomic mass is 9.83. The first kappa shape index (κ1) is 19.6. The van der Waals surface area contributed by atoms with Gasteiger partial charge in [-0.2, -0.15) is 4.98 Å². The van der Waals surface area contributed by atoms with E-state index in [4.69, 9.17) is 4.52 Å². The maximum Gasteiger partial charge on any atom is 0.240 e. The summed E-state index contributed by atoms with van der Waals surface area (Å²) in [5.41, 5.74) is 1.02. The highest BCUT2D eigenvalue weighted by molar-refractivity contribution is 5.85. The van der Waals surface area contributed by atoms with E-state index in [-0.39, 0.29) is 23.8 Å². The Morgan fingerprint density at radius 3 is 2.55 bits per heavy atom. The first-order valence-corrected chi connectivity index (χ1v) is 10.1. The van der Waals surface area contributed by atoms with Crippen LogP contribution in [0.1, 0.15) is 36.2 Å². The van der Waals surface area contributed by atoms with Gasteiger partial charge in [-0.05, 0) is 18.9 Å². The van der Waals surface area contributed by atoms with Crippen LogP contribution in [-0.4, -0.2) is 69.9 Å². The molecular formula is C21H27N5O3. The zero-order chi connectivity index (χ0) is 20.4. The van der Waals surface area contributed by atoms with E-state index in [1.54, 1.807) is 11.8 Å². The number of aromatic nitrogens is 2. The monoisotopic (exact) mass is 397 g/mol. The average molecular weight is 397 g/mol. The standard InChI is InChI=1S/C21H27N5O3/c1-15-22-18(29-23-15)14-25-10-12-26(13-11-25)21(28)17-8-9-19(27)24(2)20(17)16-6-4-3-5-7-16/h3-7,17,20H,8-14H2,1-2H3/t17-,20+/m0/s1. The highest BCUT2D eigenvalue weighted by Gasteiger charge is 2.41. The Balaban J connectivity index is 1.42. The lowest BCUT2D eigenvalue weighted by Crippen LogP contribution is -2.53. The van der Waals surface area contributed by atoms with Crippen LogP contribution in [0.4, 0.5) is 0 Å². The fraction of sp³-hybridized carbons (Fsp3) is 0.524. The Morgan fingerprint density at radius 1 is 1.17 bits per heavy atom. The number of carbonyl (C=O) groups is 2. The van der Waals surface area contributed by atoms with Gasteiger partial charge in [0.2, 0.25) is 17.7 Å². The normalized spacial score (nSPS) is 23.4. The van der Waals surface area contributed by atoms with Gasteiger partial charge in [0.1, 0.15) is 0 Å². The number of aryl methyl sites for hydroxylation is 1. The summed E-state index contributed by atoms with van der Waals surface area (Å²) >= 11 is 0. The largest absolute Gasteiger partial charge is 0.340 e. The van der Waals surface area contributed by atoms with Crippen molar-refractivity contribution >= 4 is 11.8 Å². The van der Waals surface area contributed by atoms with E-state index < -0.39 is 0 Å². The van der Waals surface area contributed by atoms with Crippen LogP contribution in [0.5, 0.6) is 0 Å². The van der Waals surface area contributed by atoms with Crippen molar-refractivity contribution in [2.24, 2.45) is 5.92 Å². The molecular weight excluding hydrogens is 370 g/mol. The quantitative estimate of drug-likeness (QED) is 0.780. The summed E-state index contributed by atoms with van der Waals surface area (Å²) in [4.78, 5) is 35.9. The van der Waals surface area contributed by atoms with E-state index in [0.29, 0.717) is 44.2 Å². The van der Waals surface area contributed by atoms with Gasteiger partial charge in [0, 0.05) is 39.6 Å². The van der Waals surface area contributed by atoms with Crippen molar-refractivity contribution in [1.82, 2.24) is 24.8 Å². The van der Waals surface area contributed by atoms with Crippen molar-refractivity contribution in [3.8, 4) is 0 Å². The van der Waals surface area contributed by atoms with Crippen LogP contribution in [0.25, 0.3) is 0 Å². The van der Waals surface area contributed by atoms with Crippen molar-refractivity contribution < 1.29 is 14.1 Å². The van der Waals surface area contributed by atoms with Gasteiger partial charge < -0.3 is 14.3 Å². The summed E-state index contributed by atoms with van der Waals surface area (Å²) < 4.78 is 5.20. The van der Waals surface area contributed by atoms with Gasteiger partial charge in [0.05, 0.1) is 18.5 Å². The number of hydrogen-bond acceptors (Lipinski definition) is 6. The van der Waals surface area contributed by atoms with Crippen LogP contribution in [-0.2, 0) is 16.1 Å². The van der Waals surface area contributed by atoms with E-state index in [1.165, 1.54) is 0 Å². The van der Waals surface area contributed by atoms with Gasteiger partial charge in [-0.15, -0.1) is 0 Å². The Hall–Kier alpha value is -2.74. The summed E-state index contributed by atoms with van der Waals surface area (Å²) in [6.07, 6.45) is 1.02. The van der Waals surface area contributed by atoms with Crippen LogP contribution < -0.4 is 0 Å². The fourth-order valence-corrected chi connectivity index (χ4v) is 4.36. The third-order valence-electron chi connectivity index (χ3n) is 5.93. The molecule has 2 aromatic rings. The average Bonchev–Trinajstić information content (AvgIpc) is 3.15. The molecule has 1 aromatic heterocycles. The molecule has 2 amide bonds. The second-order valence-corrected chi connectivity index (χ2v) is 7.84. The number of hydrogen-bond donors (Lipinski definition) is 0. The summed E-state index contributed by atoms with van der Waals surface area (Å²) in [7, 11) is 1.81. The number of piperidine rings is 1. The molecule has 0 saturated carbocycles. The van der Waals surface area contributed by atoms with E-state index in [1.807, 2.05) is 42.3 Å². The number of nitrogens with zero attached hydrogens (tertiary/aromatic N) is 5. The smallest absolute Gasteiger partial charge is 0.240 e. The lowest BCUT2D eigenvalue weighted by Gasteiger charge is -2.42. The van der Waals surface area contributed by atoms with Gasteiger partial charge in [0.15, 0.2) is 5.82 Å². The third kappa shape index (κ3) is 4.17. The van der Waals surface area contributed by atoms with Crippen LogP contribution in [0.3, 0.4) is 0 Å². The first-order valence-electron chi connectivity index (χ1n) is 10.1. The van der Waals surface area contributed by atoms with Gasteiger partial charge in [-0.25, -0.2) is 0 Å². The van der Waals surface area contributed by atoms with Crippen LogP contribution >= 0.6 is 0 Å². The van der Waals surface area contributed by atoms with Crippen LogP contribution in [0.15, 0.2) is 34.9 Å². The molecule has 154 valence electrons. The van der Waals surface area contributed by atoms with E-state index >= 15 is 0 Å². The maximum atomic E-state index is 13.4. The number of carbonyl (C=O) groups excluding carboxylic acids is 2. The molecule has 8 heteroatoms. The fourth-order valence-electron chi connectivity index (χ4n) is 4.36. The summed E-state index contributed by atoms with van der Waals surface area (Å²) in [6, 6.07) is 9.68. The SMILES string of the molecule is Cc1noc(CN2CCN(C(=O)[C@H]3CCC(=O)N(C)[C@@H]3c3ccccc3)CC2)n1. The molecule has 2 aliphatic rings. The molecule has 0 N–H and O–H groups in total. The topological polar surface area (TPSA) is 82.8 Å². The molecule has 2 fully saturated rings. The van der Waals surface area contributed by atoms with Gasteiger partial charge in [-0.1, -0.05) is 35.5 Å². The third-order valence-corrected chi connectivity index (χ3v) is 5.93. The summed E-state index contributed by atoms with van der Waals surface area (Å²) in [5.74, 6) is 1.29. The Kier molecular flexibility index (Phi) is 5.62. The first-order chi connectivity index (χ1) is 14.0. The number of piperazine rings is 1. The molecule has 2 atom stereocenters. The number of likely N-dealkylation sites (tertiary alicyclic amines) is 1. The van der Waals surface area contributed by atoms with Gasteiger partial charge in [0.25, 0.3) is 0 Å². The minimum atomic E-state index is -0.204. The molecule has 0 aliphatic carbocycles. The minimum Gasteiger partial charge on any atom is -0.340 e. The van der Waals surface area contributed by atoms with Crippen molar-refractivity contribution in [3.63, 3.8) is 0 Å². The van der Waals surface area contributed by atoms with Crippen molar-refractivity contribution in [2.75, 3.05) is 33.2 Å². The van der Waals surface area contributed by atoms with E-state index in [2.05, 4.69) is 15.0 Å². The molecule has 0 unspecified atom stereocenters. The van der Waals surface area contributed by atoms with Crippen LogP contribution in [0, 0.1) is 12.8 Å². The number of amides is 2. The second kappa shape index (κ2) is 8.32. The van der Waals surface area contributed by atoms with Crippen molar-refractivity contribution in [2.45, 2.75) is 32.4 Å². The zero-order valence-corrected chi connectivity index (χ0v) is 17.0. The zero-order valence-electron chi connectivity index (χ0n) is 17.0. The Morgan fingerprint density at radius 2 is 1.90 bits per heavy atom. The predicted molar refractivity (Wildman–Crippen MR) is 106 cm³/mol. The van der Waals surface area contributed by atoms with Crippen molar-refractivity contribution in [1.29, 1.82) is 0 Å². The highest BCUT2D eigenvalue weighted by Crippen LogP contribution is 2.37. The number of benzene rings is 1. The Labute approximate surface area is 170 Å². The maximum absolute atomic E-state index is 13.4.